The van der Waals surface area contributed by atoms with Gasteiger partial charge < -0.3 is 24.4 Å². The minimum absolute atomic E-state index is 0.00636. The number of nitrogens with zero attached hydrogens (tertiary/aromatic N) is 1. The maximum Gasteiger partial charge on any atom is 0.346 e. The number of methoxy groups -OCH3 is 2. The normalized spacial score (nSPS) is 14.3. The van der Waals surface area contributed by atoms with Crippen molar-refractivity contribution < 1.29 is 23.8 Å². The molecule has 0 unspecified atom stereocenters. The first-order chi connectivity index (χ1) is 17.1. The van der Waals surface area contributed by atoms with Crippen LogP contribution in [0, 0.1) is 0 Å². The van der Waals surface area contributed by atoms with Crippen LogP contribution in [0.25, 0.3) is 0 Å². The molecule has 0 radical (unpaired) electrons. The molecule has 1 aliphatic rings. The van der Waals surface area contributed by atoms with Crippen LogP contribution in [-0.4, -0.2) is 44.0 Å². The Bertz CT molecular complexity index is 1190. The summed E-state index contributed by atoms with van der Waals surface area (Å²) in [4.78, 5) is 27.5. The number of hydrogen-bond acceptors (Lipinski definition) is 7. The van der Waals surface area contributed by atoms with Crippen molar-refractivity contribution >= 4 is 17.4 Å². The predicted octanol–water partition coefficient (Wildman–Crippen LogP) is 4.20. The number of benzene rings is 3. The Balaban J connectivity index is 1.76. The summed E-state index contributed by atoms with van der Waals surface area (Å²) >= 11 is 0. The van der Waals surface area contributed by atoms with Crippen LogP contribution >= 0.6 is 0 Å². The summed E-state index contributed by atoms with van der Waals surface area (Å²) in [6.07, 6.45) is 0.717. The molecular formula is C28H28N2O5. The monoisotopic (exact) mass is 472 g/mol. The molecule has 3 aromatic carbocycles. The van der Waals surface area contributed by atoms with Gasteiger partial charge in [0.2, 0.25) is 5.78 Å². The number of carbonyl (C=O) groups excluding carboxylic acids is 2. The smallest absolute Gasteiger partial charge is 0.346 e. The first-order valence-electron chi connectivity index (χ1n) is 11.4. The van der Waals surface area contributed by atoms with E-state index in [9.17, 15) is 9.59 Å². The fraction of sp³-hybridized carbons (Fsp3) is 0.214. The van der Waals surface area contributed by atoms with E-state index in [0.29, 0.717) is 36.1 Å². The van der Waals surface area contributed by atoms with Gasteiger partial charge in [0.05, 0.1) is 19.9 Å². The number of hydrogen-bond donors (Lipinski definition) is 1. The lowest BCUT2D eigenvalue weighted by Crippen LogP contribution is -2.32. The number of anilines is 1. The van der Waals surface area contributed by atoms with Gasteiger partial charge in [-0.1, -0.05) is 60.7 Å². The van der Waals surface area contributed by atoms with E-state index in [-0.39, 0.29) is 18.0 Å². The molecule has 1 aliphatic heterocycles. The molecule has 4 rings (SSSR count). The van der Waals surface area contributed by atoms with Gasteiger partial charge in [-0.25, -0.2) is 4.79 Å². The van der Waals surface area contributed by atoms with Crippen molar-refractivity contribution in [1.82, 2.24) is 4.90 Å². The van der Waals surface area contributed by atoms with Crippen LogP contribution in [0.1, 0.15) is 11.1 Å². The number of esters is 1. The van der Waals surface area contributed by atoms with Crippen molar-refractivity contribution in [2.75, 3.05) is 32.7 Å². The van der Waals surface area contributed by atoms with Crippen molar-refractivity contribution in [2.24, 2.45) is 0 Å². The third-order valence-corrected chi connectivity index (χ3v) is 5.76. The van der Waals surface area contributed by atoms with Gasteiger partial charge in [0, 0.05) is 19.2 Å². The summed E-state index contributed by atoms with van der Waals surface area (Å²) in [5, 5.41) is 3.31. The maximum absolute atomic E-state index is 12.8. The van der Waals surface area contributed by atoms with E-state index in [1.807, 2.05) is 53.4 Å². The predicted molar refractivity (Wildman–Crippen MR) is 133 cm³/mol. The molecule has 180 valence electrons. The zero-order valence-electron chi connectivity index (χ0n) is 19.8. The summed E-state index contributed by atoms with van der Waals surface area (Å²) in [6.45, 7) is 0.777. The lowest BCUT2D eigenvalue weighted by Gasteiger charge is -2.30. The number of ketones is 1. The largest absolute Gasteiger partial charge is 0.497 e. The maximum atomic E-state index is 12.8. The van der Waals surface area contributed by atoms with Crippen LogP contribution in [0.5, 0.6) is 11.5 Å². The van der Waals surface area contributed by atoms with E-state index < -0.39 is 5.97 Å². The zero-order valence-corrected chi connectivity index (χ0v) is 19.8. The molecule has 0 aliphatic carbocycles. The molecule has 0 bridgehead atoms. The van der Waals surface area contributed by atoms with E-state index in [1.54, 1.807) is 32.4 Å². The van der Waals surface area contributed by atoms with Gasteiger partial charge in [-0.2, -0.15) is 0 Å². The standard InChI is InChI=1S/C28H28N2O5/c1-33-22-13-14-23(25(17-22)34-2)29-27(26-24(31)19-35-28(26)32)30(18-21-11-7-4-8-12-21)16-15-20-9-5-3-6-10-20/h3-14,17,29H,15-16,18-19H2,1-2H3/b27-26+. The Labute approximate surface area is 204 Å². The van der Waals surface area contributed by atoms with Crippen LogP contribution < -0.4 is 14.8 Å². The van der Waals surface area contributed by atoms with Gasteiger partial charge in [0.1, 0.15) is 22.9 Å². The highest BCUT2D eigenvalue weighted by Crippen LogP contribution is 2.32. The molecule has 0 aromatic heterocycles. The Kier molecular flexibility index (Phi) is 7.67. The van der Waals surface area contributed by atoms with Crippen LogP contribution in [0.15, 0.2) is 90.3 Å². The van der Waals surface area contributed by atoms with Crippen molar-refractivity contribution in [3.63, 3.8) is 0 Å². The van der Waals surface area contributed by atoms with Gasteiger partial charge in [-0.3, -0.25) is 4.79 Å². The van der Waals surface area contributed by atoms with Crippen LogP contribution in [0.4, 0.5) is 5.69 Å². The first-order valence-corrected chi connectivity index (χ1v) is 11.4. The number of Topliss-reactive ketones (excluding diaryl/α,β-unsaturated/α-hetero) is 1. The van der Waals surface area contributed by atoms with Crippen molar-refractivity contribution in [3.05, 3.63) is 101 Å². The Morgan fingerprint density at radius 1 is 0.914 bits per heavy atom. The molecule has 0 atom stereocenters. The van der Waals surface area contributed by atoms with Gasteiger partial charge in [0.15, 0.2) is 6.61 Å². The van der Waals surface area contributed by atoms with Gasteiger partial charge in [-0.05, 0) is 29.7 Å². The molecule has 0 spiro atoms. The molecular weight excluding hydrogens is 444 g/mol. The van der Waals surface area contributed by atoms with Crippen molar-refractivity contribution in [1.29, 1.82) is 0 Å². The lowest BCUT2D eigenvalue weighted by molar-refractivity contribution is -0.135. The topological polar surface area (TPSA) is 77.1 Å². The van der Waals surface area contributed by atoms with Gasteiger partial charge >= 0.3 is 5.97 Å². The number of cyclic esters (lactones) is 1. The first kappa shape index (κ1) is 23.9. The van der Waals surface area contributed by atoms with Crippen molar-refractivity contribution in [2.45, 2.75) is 13.0 Å². The average Bonchev–Trinajstić information content (AvgIpc) is 3.23. The van der Waals surface area contributed by atoms with E-state index in [4.69, 9.17) is 14.2 Å². The summed E-state index contributed by atoms with van der Waals surface area (Å²) in [5.74, 6) is 0.540. The minimum atomic E-state index is -0.636. The third-order valence-electron chi connectivity index (χ3n) is 5.76. The zero-order chi connectivity index (χ0) is 24.6. The highest BCUT2D eigenvalue weighted by Gasteiger charge is 2.34. The fourth-order valence-corrected chi connectivity index (χ4v) is 3.93. The number of ether oxygens (including phenoxy) is 3. The van der Waals surface area contributed by atoms with Gasteiger partial charge in [-0.15, -0.1) is 0 Å². The minimum Gasteiger partial charge on any atom is -0.497 e. The molecule has 35 heavy (non-hydrogen) atoms. The second-order valence-electron chi connectivity index (χ2n) is 8.06. The summed E-state index contributed by atoms with van der Waals surface area (Å²) in [7, 11) is 3.13. The molecule has 7 heteroatoms. The highest BCUT2D eigenvalue weighted by molar-refractivity contribution is 6.22. The highest BCUT2D eigenvalue weighted by atomic mass is 16.5. The van der Waals surface area contributed by atoms with Crippen LogP contribution in [0.3, 0.4) is 0 Å². The third kappa shape index (κ3) is 5.81. The quantitative estimate of drug-likeness (QED) is 0.269. The number of carbonyl (C=O) groups is 2. The van der Waals surface area contributed by atoms with Crippen molar-refractivity contribution in [3.8, 4) is 11.5 Å². The summed E-state index contributed by atoms with van der Waals surface area (Å²) in [6, 6.07) is 25.3. The fourth-order valence-electron chi connectivity index (χ4n) is 3.93. The number of nitrogens with one attached hydrogen (secondary N) is 1. The van der Waals surface area contributed by atoms with Gasteiger partial charge in [0.25, 0.3) is 0 Å². The van der Waals surface area contributed by atoms with E-state index >= 15 is 0 Å². The molecule has 3 aromatic rings. The SMILES string of the molecule is COc1ccc(N/C(=C2/C(=O)COC2=O)N(CCc2ccccc2)Cc2ccccc2)c(OC)c1. The second kappa shape index (κ2) is 11.2. The Morgan fingerprint density at radius 2 is 1.60 bits per heavy atom. The Hall–Kier alpha value is -4.26. The Morgan fingerprint density at radius 3 is 2.20 bits per heavy atom. The van der Waals surface area contributed by atoms with E-state index in [2.05, 4.69) is 17.4 Å². The van der Waals surface area contributed by atoms with Crippen LogP contribution in [-0.2, 0) is 27.3 Å². The second-order valence-corrected chi connectivity index (χ2v) is 8.06. The molecule has 0 saturated carbocycles. The number of rotatable bonds is 10. The molecule has 1 fully saturated rings. The molecule has 7 nitrogen and oxygen atoms in total. The summed E-state index contributed by atoms with van der Waals surface area (Å²) in [5.41, 5.74) is 2.80. The van der Waals surface area contributed by atoms with E-state index in [1.165, 1.54) is 0 Å². The molecule has 1 N–H and O–H groups in total. The molecule has 1 heterocycles. The summed E-state index contributed by atoms with van der Waals surface area (Å²) < 4.78 is 15.9. The average molecular weight is 473 g/mol. The lowest BCUT2D eigenvalue weighted by atomic mass is 10.1. The molecule has 1 saturated heterocycles. The van der Waals surface area contributed by atoms with Crippen LogP contribution in [0.2, 0.25) is 0 Å². The van der Waals surface area contributed by atoms with E-state index in [0.717, 1.165) is 17.5 Å². The molecule has 0 amide bonds.